The Bertz CT molecular complexity index is 806. The Morgan fingerprint density at radius 1 is 1.50 bits per heavy atom. The molecule has 7 nitrogen and oxygen atoms in total. The molecule has 0 unspecified atom stereocenters. The van der Waals surface area contributed by atoms with Crippen molar-refractivity contribution in [2.75, 3.05) is 7.11 Å². The highest BCUT2D eigenvalue weighted by Gasteiger charge is 2.27. The van der Waals surface area contributed by atoms with Gasteiger partial charge in [-0.15, -0.1) is 0 Å². The molecule has 0 saturated heterocycles. The number of carbonyl (C=O) groups is 1. The minimum absolute atomic E-state index is 0.0555. The molecule has 0 bridgehead atoms. The Morgan fingerprint density at radius 3 is 2.92 bits per heavy atom. The number of hydrogen-bond acceptors (Lipinski definition) is 5. The van der Waals surface area contributed by atoms with Gasteiger partial charge < -0.3 is 4.74 Å². The third-order valence-electron chi connectivity index (χ3n) is 3.89. The van der Waals surface area contributed by atoms with Crippen LogP contribution in [0.25, 0.3) is 6.08 Å². The number of carbonyl (C=O) groups excluding carboxylic acids is 1. The van der Waals surface area contributed by atoms with E-state index in [1.165, 1.54) is 17.1 Å². The van der Waals surface area contributed by atoms with E-state index >= 15 is 0 Å². The molecule has 1 aromatic heterocycles. The fourth-order valence-corrected chi connectivity index (χ4v) is 2.42. The van der Waals surface area contributed by atoms with Gasteiger partial charge in [0.2, 0.25) is 0 Å². The maximum Gasteiger partial charge on any atom is 0.307 e. The van der Waals surface area contributed by atoms with Gasteiger partial charge in [0.25, 0.3) is 0 Å². The molecule has 24 heavy (non-hydrogen) atoms. The second-order valence-electron chi connectivity index (χ2n) is 5.73. The van der Waals surface area contributed by atoms with Crippen molar-refractivity contribution in [3.05, 3.63) is 57.9 Å². The average Bonchev–Trinajstić information content (AvgIpc) is 3.32. The number of rotatable bonds is 7. The smallest absolute Gasteiger partial charge is 0.307 e. The number of nitro groups is 1. The number of allylic oxidation sites excluding steroid dienone is 1. The van der Waals surface area contributed by atoms with Crippen LogP contribution in [-0.4, -0.2) is 27.6 Å². The van der Waals surface area contributed by atoms with E-state index in [0.717, 1.165) is 24.0 Å². The molecule has 3 rings (SSSR count). The zero-order valence-corrected chi connectivity index (χ0v) is 13.2. The zero-order valence-electron chi connectivity index (χ0n) is 13.2. The largest absolute Gasteiger partial charge is 0.496 e. The molecule has 0 radical (unpaired) electrons. The second-order valence-corrected chi connectivity index (χ2v) is 5.73. The maximum atomic E-state index is 11.8. The van der Waals surface area contributed by atoms with Gasteiger partial charge in [-0.05, 0) is 36.6 Å². The third kappa shape index (κ3) is 3.68. The first-order valence-corrected chi connectivity index (χ1v) is 7.62. The Labute approximate surface area is 138 Å². The second kappa shape index (κ2) is 6.66. The van der Waals surface area contributed by atoms with Gasteiger partial charge in [-0.3, -0.25) is 19.6 Å². The average molecular weight is 327 g/mol. The van der Waals surface area contributed by atoms with Crippen LogP contribution in [0.5, 0.6) is 5.75 Å². The Morgan fingerprint density at radius 2 is 2.29 bits per heavy atom. The highest BCUT2D eigenvalue weighted by molar-refractivity contribution is 5.96. The lowest BCUT2D eigenvalue weighted by Gasteiger charge is -2.09. The number of hydrogen-bond donors (Lipinski definition) is 0. The Hall–Kier alpha value is -2.96. The van der Waals surface area contributed by atoms with Gasteiger partial charge in [-0.1, -0.05) is 12.1 Å². The molecule has 0 aliphatic heterocycles. The molecule has 1 aliphatic carbocycles. The molecule has 124 valence electrons. The van der Waals surface area contributed by atoms with Crippen molar-refractivity contribution < 1.29 is 14.5 Å². The quantitative estimate of drug-likeness (QED) is 0.443. The van der Waals surface area contributed by atoms with E-state index in [2.05, 4.69) is 5.10 Å². The van der Waals surface area contributed by atoms with Crippen molar-refractivity contribution in [1.29, 1.82) is 0 Å². The van der Waals surface area contributed by atoms with Crippen molar-refractivity contribution in [3.8, 4) is 5.75 Å². The van der Waals surface area contributed by atoms with Gasteiger partial charge in [0.15, 0.2) is 5.78 Å². The van der Waals surface area contributed by atoms with E-state index in [9.17, 15) is 14.9 Å². The number of benzene rings is 1. The molecule has 1 saturated carbocycles. The monoisotopic (exact) mass is 327 g/mol. The molecular weight excluding hydrogens is 310 g/mol. The predicted molar refractivity (Wildman–Crippen MR) is 87.7 cm³/mol. The van der Waals surface area contributed by atoms with E-state index in [1.807, 2.05) is 18.2 Å². The summed E-state index contributed by atoms with van der Waals surface area (Å²) in [7, 11) is 1.57. The number of methoxy groups -OCH3 is 1. The summed E-state index contributed by atoms with van der Waals surface area (Å²) in [6.07, 6.45) is 7.95. The summed E-state index contributed by atoms with van der Waals surface area (Å²) in [5.41, 5.74) is 1.65. The number of aromatic nitrogens is 2. The molecule has 1 fully saturated rings. The van der Waals surface area contributed by atoms with Gasteiger partial charge in [-0.2, -0.15) is 5.10 Å². The van der Waals surface area contributed by atoms with Crippen LogP contribution < -0.4 is 4.74 Å². The lowest BCUT2D eigenvalue weighted by Crippen LogP contribution is -2.02. The van der Waals surface area contributed by atoms with Gasteiger partial charge in [-0.25, -0.2) is 0 Å². The fraction of sp³-hybridized carbons (Fsp3) is 0.294. The molecule has 0 N–H and O–H groups in total. The Balaban J connectivity index is 1.80. The fourth-order valence-electron chi connectivity index (χ4n) is 2.42. The Kier molecular flexibility index (Phi) is 4.41. The molecule has 0 spiro atoms. The predicted octanol–water partition coefficient (Wildman–Crippen LogP) is 2.84. The van der Waals surface area contributed by atoms with Crippen LogP contribution in [0.1, 0.15) is 24.0 Å². The minimum atomic E-state index is -0.483. The number of ketones is 1. The van der Waals surface area contributed by atoms with E-state index in [-0.39, 0.29) is 17.4 Å². The van der Waals surface area contributed by atoms with E-state index in [4.69, 9.17) is 4.74 Å². The van der Waals surface area contributed by atoms with Crippen LogP contribution in [0.4, 0.5) is 5.69 Å². The number of ether oxygens (including phenoxy) is 1. The SMILES string of the molecule is COc1ccc(/C=C/C(=O)C2CC2)cc1Cn1cc([N+](=O)[O-])cn1. The zero-order chi connectivity index (χ0) is 17.1. The summed E-state index contributed by atoms with van der Waals surface area (Å²) >= 11 is 0. The van der Waals surface area contributed by atoms with Crippen molar-refractivity contribution in [1.82, 2.24) is 9.78 Å². The van der Waals surface area contributed by atoms with Gasteiger partial charge in [0.05, 0.1) is 18.6 Å². The lowest BCUT2D eigenvalue weighted by molar-refractivity contribution is -0.385. The van der Waals surface area contributed by atoms with Gasteiger partial charge in [0, 0.05) is 11.5 Å². The first kappa shape index (κ1) is 15.9. The standard InChI is InChI=1S/C17H17N3O4/c1-24-17-7-3-12(2-6-16(21)13-4-5-13)8-14(17)10-19-11-15(9-18-19)20(22)23/h2-3,6-9,11,13H,4-5,10H2,1H3/b6-2+. The molecule has 2 aromatic rings. The third-order valence-corrected chi connectivity index (χ3v) is 3.89. The lowest BCUT2D eigenvalue weighted by atomic mass is 10.1. The summed E-state index contributed by atoms with van der Waals surface area (Å²) in [6.45, 7) is 0.343. The summed E-state index contributed by atoms with van der Waals surface area (Å²) in [6, 6.07) is 5.57. The van der Waals surface area contributed by atoms with Crippen LogP contribution >= 0.6 is 0 Å². The van der Waals surface area contributed by atoms with Crippen molar-refractivity contribution in [2.45, 2.75) is 19.4 Å². The number of nitrogens with zero attached hydrogens (tertiary/aromatic N) is 3. The first-order valence-electron chi connectivity index (χ1n) is 7.62. The van der Waals surface area contributed by atoms with E-state index in [0.29, 0.717) is 12.3 Å². The molecule has 1 aromatic carbocycles. The molecular formula is C17H17N3O4. The molecule has 7 heteroatoms. The van der Waals surface area contributed by atoms with E-state index < -0.39 is 4.92 Å². The van der Waals surface area contributed by atoms with Crippen molar-refractivity contribution in [3.63, 3.8) is 0 Å². The van der Waals surface area contributed by atoms with E-state index in [1.54, 1.807) is 19.3 Å². The molecule has 0 atom stereocenters. The van der Waals surface area contributed by atoms with Crippen LogP contribution in [0, 0.1) is 16.0 Å². The highest BCUT2D eigenvalue weighted by Crippen LogP contribution is 2.30. The first-order chi connectivity index (χ1) is 11.6. The highest BCUT2D eigenvalue weighted by atomic mass is 16.6. The summed E-state index contributed by atoms with van der Waals surface area (Å²) in [5.74, 6) is 1.03. The van der Waals surface area contributed by atoms with Crippen LogP contribution in [0.15, 0.2) is 36.7 Å². The van der Waals surface area contributed by atoms with Crippen LogP contribution in [0.2, 0.25) is 0 Å². The normalized spacial score (nSPS) is 14.0. The van der Waals surface area contributed by atoms with Gasteiger partial charge >= 0.3 is 5.69 Å². The maximum absolute atomic E-state index is 11.8. The minimum Gasteiger partial charge on any atom is -0.496 e. The molecule has 1 heterocycles. The van der Waals surface area contributed by atoms with Crippen LogP contribution in [-0.2, 0) is 11.3 Å². The topological polar surface area (TPSA) is 87.3 Å². The summed E-state index contributed by atoms with van der Waals surface area (Å²) in [4.78, 5) is 22.0. The van der Waals surface area contributed by atoms with Crippen molar-refractivity contribution in [2.24, 2.45) is 5.92 Å². The summed E-state index contributed by atoms with van der Waals surface area (Å²) in [5, 5.41) is 14.7. The summed E-state index contributed by atoms with van der Waals surface area (Å²) < 4.78 is 6.82. The molecule has 1 aliphatic rings. The van der Waals surface area contributed by atoms with Gasteiger partial charge in [0.1, 0.15) is 18.1 Å². The van der Waals surface area contributed by atoms with Crippen LogP contribution in [0.3, 0.4) is 0 Å². The molecule has 0 amide bonds. The van der Waals surface area contributed by atoms with Crippen molar-refractivity contribution >= 4 is 17.5 Å².